The smallest absolute Gasteiger partial charge is 0.0534 e. The largest absolute Gasteiger partial charge is 0.384 e. The van der Waals surface area contributed by atoms with Gasteiger partial charge in [0, 0.05) is 43.6 Å². The van der Waals surface area contributed by atoms with E-state index in [0.717, 1.165) is 32.2 Å². The van der Waals surface area contributed by atoms with E-state index in [9.17, 15) is 0 Å². The molecule has 2 rings (SSSR count). The van der Waals surface area contributed by atoms with Crippen molar-refractivity contribution < 1.29 is 4.74 Å². The van der Waals surface area contributed by atoms with Crippen molar-refractivity contribution in [3.05, 3.63) is 10.4 Å². The summed E-state index contributed by atoms with van der Waals surface area (Å²) >= 11 is 0. The average molecular weight is 224 g/mol. The fourth-order valence-electron chi connectivity index (χ4n) is 3.45. The lowest BCUT2D eigenvalue weighted by atomic mass is 9.82. The molecule has 0 amide bonds. The standard InChI is InChI=1S/C11H20N4O/c1-16-9-11-4-2-3-10(11)7-15(8-11)6-5-13-14-12/h10H,2-9H2,1H3/t10-,11-/m0/s1. The number of rotatable bonds is 5. The maximum Gasteiger partial charge on any atom is 0.0534 e. The molecule has 5 nitrogen and oxygen atoms in total. The summed E-state index contributed by atoms with van der Waals surface area (Å²) in [6, 6.07) is 0. The predicted molar refractivity (Wildman–Crippen MR) is 62.1 cm³/mol. The van der Waals surface area contributed by atoms with Crippen LogP contribution in [-0.4, -0.2) is 44.8 Å². The second-order valence-corrected chi connectivity index (χ2v) is 5.07. The molecule has 2 atom stereocenters. The average Bonchev–Trinajstić information content (AvgIpc) is 2.75. The monoisotopic (exact) mass is 224 g/mol. The van der Waals surface area contributed by atoms with Crippen LogP contribution in [0.3, 0.4) is 0 Å². The van der Waals surface area contributed by atoms with E-state index in [1.165, 1.54) is 19.3 Å². The number of hydrogen-bond acceptors (Lipinski definition) is 3. The van der Waals surface area contributed by atoms with Gasteiger partial charge in [0.2, 0.25) is 0 Å². The molecule has 0 N–H and O–H groups in total. The molecule has 1 aliphatic carbocycles. The van der Waals surface area contributed by atoms with Crippen molar-refractivity contribution in [1.82, 2.24) is 4.90 Å². The minimum atomic E-state index is 0.394. The zero-order valence-corrected chi connectivity index (χ0v) is 9.93. The Balaban J connectivity index is 1.91. The third kappa shape index (κ3) is 2.17. The summed E-state index contributed by atoms with van der Waals surface area (Å²) < 4.78 is 5.40. The molecule has 1 aliphatic heterocycles. The Kier molecular flexibility index (Phi) is 3.69. The first-order valence-corrected chi connectivity index (χ1v) is 6.03. The Labute approximate surface area is 96.4 Å². The second-order valence-electron chi connectivity index (χ2n) is 5.07. The first-order chi connectivity index (χ1) is 7.80. The van der Waals surface area contributed by atoms with Gasteiger partial charge in [-0.05, 0) is 24.3 Å². The molecule has 0 spiro atoms. The molecular formula is C11H20N4O. The highest BCUT2D eigenvalue weighted by Crippen LogP contribution is 2.48. The van der Waals surface area contributed by atoms with Crippen LogP contribution in [0.2, 0.25) is 0 Å². The van der Waals surface area contributed by atoms with Crippen LogP contribution >= 0.6 is 0 Å². The summed E-state index contributed by atoms with van der Waals surface area (Å²) in [5.74, 6) is 0.790. The van der Waals surface area contributed by atoms with Crippen LogP contribution in [0.25, 0.3) is 10.4 Å². The predicted octanol–water partition coefficient (Wildman–Crippen LogP) is 2.05. The molecular weight excluding hydrogens is 204 g/mol. The van der Waals surface area contributed by atoms with Crippen molar-refractivity contribution in [2.75, 3.05) is 39.9 Å². The highest BCUT2D eigenvalue weighted by Gasteiger charge is 2.48. The Bertz CT molecular complexity index is 290. The Morgan fingerprint density at radius 1 is 1.62 bits per heavy atom. The number of nitrogens with zero attached hydrogens (tertiary/aromatic N) is 4. The summed E-state index contributed by atoms with van der Waals surface area (Å²) in [5.41, 5.74) is 8.65. The van der Waals surface area contributed by atoms with E-state index < -0.39 is 0 Å². The van der Waals surface area contributed by atoms with Gasteiger partial charge in [0.1, 0.15) is 0 Å². The summed E-state index contributed by atoms with van der Waals surface area (Å²) in [6.45, 7) is 4.64. The Morgan fingerprint density at radius 3 is 3.25 bits per heavy atom. The van der Waals surface area contributed by atoms with Gasteiger partial charge in [0.25, 0.3) is 0 Å². The van der Waals surface area contributed by atoms with Crippen molar-refractivity contribution >= 4 is 0 Å². The fraction of sp³-hybridized carbons (Fsp3) is 1.00. The summed E-state index contributed by atoms with van der Waals surface area (Å²) in [6.07, 6.45) is 3.98. The lowest BCUT2D eigenvalue weighted by Crippen LogP contribution is -2.32. The van der Waals surface area contributed by atoms with E-state index in [0.29, 0.717) is 12.0 Å². The zero-order valence-electron chi connectivity index (χ0n) is 9.93. The van der Waals surface area contributed by atoms with Crippen molar-refractivity contribution in [3.63, 3.8) is 0 Å². The number of methoxy groups -OCH3 is 1. The molecule has 0 radical (unpaired) electrons. The van der Waals surface area contributed by atoms with Gasteiger partial charge in [-0.2, -0.15) is 0 Å². The zero-order chi connectivity index (χ0) is 11.4. The van der Waals surface area contributed by atoms with Crippen molar-refractivity contribution in [2.45, 2.75) is 19.3 Å². The second kappa shape index (κ2) is 5.04. The molecule has 0 aromatic heterocycles. The van der Waals surface area contributed by atoms with Gasteiger partial charge in [-0.3, -0.25) is 0 Å². The highest BCUT2D eigenvalue weighted by molar-refractivity contribution is 5.00. The first kappa shape index (κ1) is 11.7. The lowest BCUT2D eigenvalue weighted by molar-refractivity contribution is 0.0706. The molecule has 16 heavy (non-hydrogen) atoms. The molecule has 0 unspecified atom stereocenters. The van der Waals surface area contributed by atoms with E-state index in [1.54, 1.807) is 7.11 Å². The highest BCUT2D eigenvalue weighted by atomic mass is 16.5. The lowest BCUT2D eigenvalue weighted by Gasteiger charge is -2.27. The van der Waals surface area contributed by atoms with Crippen LogP contribution in [0.1, 0.15) is 19.3 Å². The Hall–Kier alpha value is -0.770. The topological polar surface area (TPSA) is 61.2 Å². The fourth-order valence-corrected chi connectivity index (χ4v) is 3.45. The van der Waals surface area contributed by atoms with Crippen LogP contribution < -0.4 is 0 Å². The van der Waals surface area contributed by atoms with Gasteiger partial charge in [-0.15, -0.1) is 0 Å². The summed E-state index contributed by atoms with van der Waals surface area (Å²) in [5, 5.41) is 3.61. The normalized spacial score (nSPS) is 33.7. The molecule has 2 fully saturated rings. The number of azide groups is 1. The number of likely N-dealkylation sites (tertiary alicyclic amines) is 1. The molecule has 0 aromatic carbocycles. The SMILES string of the molecule is COC[C@@]12CCC[C@H]1CN(CCN=[N+]=[N-])C2. The Morgan fingerprint density at radius 2 is 2.50 bits per heavy atom. The van der Waals surface area contributed by atoms with E-state index in [1.807, 2.05) is 0 Å². The third-order valence-electron chi connectivity index (χ3n) is 4.12. The maximum absolute atomic E-state index is 8.26. The minimum absolute atomic E-state index is 0.394. The van der Waals surface area contributed by atoms with Gasteiger partial charge < -0.3 is 9.64 Å². The molecule has 1 saturated carbocycles. The van der Waals surface area contributed by atoms with Gasteiger partial charge in [-0.1, -0.05) is 11.5 Å². The molecule has 1 saturated heterocycles. The van der Waals surface area contributed by atoms with Crippen LogP contribution in [0, 0.1) is 11.3 Å². The maximum atomic E-state index is 8.26. The quantitative estimate of drug-likeness (QED) is 0.407. The van der Waals surface area contributed by atoms with E-state index >= 15 is 0 Å². The molecule has 0 bridgehead atoms. The van der Waals surface area contributed by atoms with Gasteiger partial charge in [0.15, 0.2) is 0 Å². The third-order valence-corrected chi connectivity index (χ3v) is 4.12. The van der Waals surface area contributed by atoms with Crippen LogP contribution in [0.5, 0.6) is 0 Å². The molecule has 5 heteroatoms. The molecule has 0 aromatic rings. The van der Waals surface area contributed by atoms with Gasteiger partial charge in [0.05, 0.1) is 6.61 Å². The molecule has 2 aliphatic rings. The number of ether oxygens (including phenoxy) is 1. The number of fused-ring (bicyclic) bond motifs is 1. The van der Waals surface area contributed by atoms with E-state index in [4.69, 9.17) is 10.3 Å². The van der Waals surface area contributed by atoms with Crippen LogP contribution in [0.4, 0.5) is 0 Å². The summed E-state index contributed by atoms with van der Waals surface area (Å²) in [7, 11) is 1.80. The van der Waals surface area contributed by atoms with Crippen molar-refractivity contribution in [1.29, 1.82) is 0 Å². The van der Waals surface area contributed by atoms with Crippen molar-refractivity contribution in [2.24, 2.45) is 16.4 Å². The number of hydrogen-bond donors (Lipinski definition) is 0. The first-order valence-electron chi connectivity index (χ1n) is 6.03. The van der Waals surface area contributed by atoms with Crippen LogP contribution in [-0.2, 0) is 4.74 Å². The minimum Gasteiger partial charge on any atom is -0.384 e. The van der Waals surface area contributed by atoms with E-state index in [-0.39, 0.29) is 0 Å². The van der Waals surface area contributed by atoms with Crippen LogP contribution in [0.15, 0.2) is 5.11 Å². The summed E-state index contributed by atoms with van der Waals surface area (Å²) in [4.78, 5) is 5.22. The van der Waals surface area contributed by atoms with Crippen molar-refractivity contribution in [3.8, 4) is 0 Å². The molecule has 90 valence electrons. The van der Waals surface area contributed by atoms with E-state index in [2.05, 4.69) is 14.9 Å². The molecule has 1 heterocycles. The van der Waals surface area contributed by atoms with Gasteiger partial charge in [-0.25, -0.2) is 0 Å². The van der Waals surface area contributed by atoms with Gasteiger partial charge >= 0.3 is 0 Å².